The molecule has 3 aromatic rings. The summed E-state index contributed by atoms with van der Waals surface area (Å²) >= 11 is 9.81. The molecule has 3 heterocycles. The number of hydrogen-bond donors (Lipinski definition) is 1. The molecule has 158 valence electrons. The third-order valence-electron chi connectivity index (χ3n) is 5.78. The number of carbonyl (C=O) groups is 1. The fraction of sp³-hybridized carbons (Fsp3) is 0.348. The van der Waals surface area contributed by atoms with Crippen LogP contribution in [0.2, 0.25) is 5.02 Å². The van der Waals surface area contributed by atoms with Crippen molar-refractivity contribution in [3.8, 4) is 0 Å². The lowest BCUT2D eigenvalue weighted by molar-refractivity contribution is 0.103. The lowest BCUT2D eigenvalue weighted by Gasteiger charge is -2.39. The van der Waals surface area contributed by atoms with Crippen LogP contribution in [0.25, 0.3) is 0 Å². The Balaban J connectivity index is 1.78. The van der Waals surface area contributed by atoms with Gasteiger partial charge < -0.3 is 10.2 Å². The summed E-state index contributed by atoms with van der Waals surface area (Å²) < 4.78 is 0. The highest BCUT2D eigenvalue weighted by molar-refractivity contribution is 7.17. The SMILES string of the molecule is Cc1sc(NC(=O)c2cccs2)c(C(c2ccccc2Cl)N2CCN(C)CC2)c1C. The van der Waals surface area contributed by atoms with Crippen LogP contribution >= 0.6 is 34.3 Å². The number of amides is 1. The molecule has 30 heavy (non-hydrogen) atoms. The largest absolute Gasteiger partial charge is 0.313 e. The number of thiophene rings is 2. The van der Waals surface area contributed by atoms with E-state index >= 15 is 0 Å². The molecule has 4 nitrogen and oxygen atoms in total. The number of aryl methyl sites for hydroxylation is 1. The van der Waals surface area contributed by atoms with E-state index in [-0.39, 0.29) is 11.9 Å². The van der Waals surface area contributed by atoms with Crippen molar-refractivity contribution in [3.05, 3.63) is 73.2 Å². The van der Waals surface area contributed by atoms with E-state index in [0.717, 1.165) is 46.6 Å². The zero-order valence-corrected chi connectivity index (χ0v) is 19.8. The van der Waals surface area contributed by atoms with Crippen molar-refractivity contribution in [2.24, 2.45) is 0 Å². The molecule has 1 aliphatic rings. The monoisotopic (exact) mass is 459 g/mol. The number of nitrogens with zero attached hydrogens (tertiary/aromatic N) is 2. The van der Waals surface area contributed by atoms with Gasteiger partial charge in [-0.15, -0.1) is 22.7 Å². The molecule has 2 aromatic heterocycles. The molecule has 1 atom stereocenters. The molecule has 4 rings (SSSR count). The van der Waals surface area contributed by atoms with Crippen molar-refractivity contribution >= 4 is 45.2 Å². The van der Waals surface area contributed by atoms with E-state index in [0.29, 0.717) is 0 Å². The molecule has 0 bridgehead atoms. The molecule has 0 aliphatic carbocycles. The van der Waals surface area contributed by atoms with Crippen LogP contribution in [0.3, 0.4) is 0 Å². The van der Waals surface area contributed by atoms with E-state index in [1.807, 2.05) is 35.7 Å². The minimum atomic E-state index is -0.0520. The highest BCUT2D eigenvalue weighted by atomic mass is 35.5. The van der Waals surface area contributed by atoms with Gasteiger partial charge in [0.15, 0.2) is 0 Å². The maximum absolute atomic E-state index is 12.9. The summed E-state index contributed by atoms with van der Waals surface area (Å²) in [6.45, 7) is 8.22. The Morgan fingerprint density at radius 3 is 2.50 bits per heavy atom. The highest BCUT2D eigenvalue weighted by Gasteiger charge is 2.32. The van der Waals surface area contributed by atoms with Gasteiger partial charge >= 0.3 is 0 Å². The van der Waals surface area contributed by atoms with Gasteiger partial charge in [-0.1, -0.05) is 35.9 Å². The molecular formula is C23H26ClN3OS2. The molecule has 0 spiro atoms. The van der Waals surface area contributed by atoms with Crippen LogP contribution in [0.1, 0.15) is 37.3 Å². The number of carbonyl (C=O) groups excluding carboxylic acids is 1. The van der Waals surface area contributed by atoms with E-state index in [2.05, 4.69) is 42.1 Å². The normalized spacial score (nSPS) is 16.5. The number of likely N-dealkylation sites (N-methyl/N-ethyl adjacent to an activating group) is 1. The summed E-state index contributed by atoms with van der Waals surface area (Å²) in [5.74, 6) is -0.0520. The first-order valence-electron chi connectivity index (χ1n) is 10.1. The van der Waals surface area contributed by atoms with Gasteiger partial charge in [0.1, 0.15) is 5.00 Å². The van der Waals surface area contributed by atoms with Gasteiger partial charge in [-0.3, -0.25) is 9.69 Å². The van der Waals surface area contributed by atoms with Gasteiger partial charge in [-0.2, -0.15) is 0 Å². The highest BCUT2D eigenvalue weighted by Crippen LogP contribution is 2.44. The van der Waals surface area contributed by atoms with Gasteiger partial charge in [0.25, 0.3) is 5.91 Å². The number of piperazine rings is 1. The van der Waals surface area contributed by atoms with Gasteiger partial charge in [0.05, 0.1) is 10.9 Å². The lowest BCUT2D eigenvalue weighted by atomic mass is 9.94. The average molecular weight is 460 g/mol. The quantitative estimate of drug-likeness (QED) is 0.534. The Morgan fingerprint density at radius 2 is 1.83 bits per heavy atom. The second-order valence-electron chi connectivity index (χ2n) is 7.72. The maximum Gasteiger partial charge on any atom is 0.266 e. The van der Waals surface area contributed by atoms with Crippen molar-refractivity contribution < 1.29 is 4.79 Å². The second-order valence-corrected chi connectivity index (χ2v) is 10.3. The molecule has 1 saturated heterocycles. The topological polar surface area (TPSA) is 35.6 Å². The van der Waals surface area contributed by atoms with Crippen LogP contribution < -0.4 is 5.32 Å². The van der Waals surface area contributed by atoms with E-state index < -0.39 is 0 Å². The van der Waals surface area contributed by atoms with Gasteiger partial charge in [0, 0.05) is 41.6 Å². The van der Waals surface area contributed by atoms with Crippen molar-refractivity contribution in [2.75, 3.05) is 38.5 Å². The fourth-order valence-corrected chi connectivity index (χ4v) is 5.90. The van der Waals surface area contributed by atoms with Crippen molar-refractivity contribution in [2.45, 2.75) is 19.9 Å². The summed E-state index contributed by atoms with van der Waals surface area (Å²) in [6.07, 6.45) is 0. The number of halogens is 1. The minimum Gasteiger partial charge on any atom is -0.313 e. The van der Waals surface area contributed by atoms with E-state index in [9.17, 15) is 4.79 Å². The molecule has 0 radical (unpaired) electrons. The Bertz CT molecular complexity index is 1020. The number of hydrogen-bond acceptors (Lipinski definition) is 5. The first-order chi connectivity index (χ1) is 14.5. The number of rotatable bonds is 5. The summed E-state index contributed by atoms with van der Waals surface area (Å²) in [5.41, 5.74) is 3.49. The molecule has 7 heteroatoms. The van der Waals surface area contributed by atoms with Gasteiger partial charge in [0.2, 0.25) is 0 Å². The van der Waals surface area contributed by atoms with Crippen LogP contribution in [0.4, 0.5) is 5.00 Å². The van der Waals surface area contributed by atoms with E-state index in [4.69, 9.17) is 11.6 Å². The summed E-state index contributed by atoms with van der Waals surface area (Å²) in [6, 6.07) is 11.9. The van der Waals surface area contributed by atoms with Crippen LogP contribution in [0, 0.1) is 13.8 Å². The number of anilines is 1. The summed E-state index contributed by atoms with van der Waals surface area (Å²) in [5, 5.41) is 6.82. The van der Waals surface area contributed by atoms with Gasteiger partial charge in [-0.25, -0.2) is 0 Å². The van der Waals surface area contributed by atoms with Crippen molar-refractivity contribution in [1.29, 1.82) is 0 Å². The summed E-state index contributed by atoms with van der Waals surface area (Å²) in [4.78, 5) is 19.6. The van der Waals surface area contributed by atoms with E-state index in [1.165, 1.54) is 27.3 Å². The van der Waals surface area contributed by atoms with Crippen molar-refractivity contribution in [3.63, 3.8) is 0 Å². The van der Waals surface area contributed by atoms with Crippen molar-refractivity contribution in [1.82, 2.24) is 9.80 Å². The number of benzene rings is 1. The van der Waals surface area contributed by atoms with Crippen LogP contribution in [-0.4, -0.2) is 48.9 Å². The lowest BCUT2D eigenvalue weighted by Crippen LogP contribution is -2.46. The molecule has 0 saturated carbocycles. The minimum absolute atomic E-state index is 0.0102. The third kappa shape index (κ3) is 4.34. The summed E-state index contributed by atoms with van der Waals surface area (Å²) in [7, 11) is 2.16. The Hall–Kier alpha value is -1.70. The van der Waals surface area contributed by atoms with Crippen LogP contribution in [0.5, 0.6) is 0 Å². The molecule has 1 unspecified atom stereocenters. The molecule has 1 aliphatic heterocycles. The zero-order chi connectivity index (χ0) is 21.3. The average Bonchev–Trinajstić information content (AvgIpc) is 3.35. The first kappa shape index (κ1) is 21.5. The predicted molar refractivity (Wildman–Crippen MR) is 128 cm³/mol. The van der Waals surface area contributed by atoms with Crippen LogP contribution in [-0.2, 0) is 0 Å². The second kappa shape index (κ2) is 9.20. The maximum atomic E-state index is 12.9. The standard InChI is InChI=1S/C23H26ClN3OS2/c1-15-16(2)30-23(25-22(28)19-9-6-14-29-19)20(15)21(17-7-4-5-8-18(17)24)27-12-10-26(3)11-13-27/h4-9,14,21H,10-13H2,1-3H3,(H,25,28). The predicted octanol–water partition coefficient (Wildman–Crippen LogP) is 5.67. The molecule has 1 fully saturated rings. The third-order valence-corrected chi connectivity index (χ3v) is 8.13. The van der Waals surface area contributed by atoms with Gasteiger partial charge in [-0.05, 0) is 49.5 Å². The van der Waals surface area contributed by atoms with E-state index in [1.54, 1.807) is 11.3 Å². The molecule has 1 amide bonds. The fourth-order valence-electron chi connectivity index (χ4n) is 3.95. The smallest absolute Gasteiger partial charge is 0.266 e. The Kier molecular flexibility index (Phi) is 6.60. The molecular weight excluding hydrogens is 434 g/mol. The van der Waals surface area contributed by atoms with Crippen LogP contribution in [0.15, 0.2) is 41.8 Å². The molecule has 1 aromatic carbocycles. The Labute approximate surface area is 191 Å². The first-order valence-corrected chi connectivity index (χ1v) is 12.1. The number of nitrogens with one attached hydrogen (secondary N) is 1. The molecule has 1 N–H and O–H groups in total. The Morgan fingerprint density at radius 1 is 1.10 bits per heavy atom. The zero-order valence-electron chi connectivity index (χ0n) is 17.4.